The highest BCUT2D eigenvalue weighted by atomic mass is 32.2. The van der Waals surface area contributed by atoms with Crippen molar-refractivity contribution in [2.75, 3.05) is 0 Å². The fraction of sp³-hybridized carbons (Fsp3) is 0.471. The van der Waals surface area contributed by atoms with E-state index in [1.807, 2.05) is 18.4 Å². The van der Waals surface area contributed by atoms with Crippen LogP contribution >= 0.6 is 0 Å². The second-order valence-electron chi connectivity index (χ2n) is 5.80. The third-order valence-corrected chi connectivity index (χ3v) is 5.58. The van der Waals surface area contributed by atoms with Gasteiger partial charge in [0.2, 0.25) is 15.0 Å². The average Bonchev–Trinajstić information content (AvgIpc) is 2.82. The van der Waals surface area contributed by atoms with Crippen molar-refractivity contribution in [3.8, 4) is 0 Å². The van der Waals surface area contributed by atoms with E-state index in [-0.39, 0.29) is 17.5 Å². The highest BCUT2D eigenvalue weighted by Gasteiger charge is 2.24. The minimum Gasteiger partial charge on any atom is -0.392 e. The number of aromatic nitrogens is 2. The summed E-state index contributed by atoms with van der Waals surface area (Å²) in [4.78, 5) is 4.30. The van der Waals surface area contributed by atoms with Gasteiger partial charge in [-0.15, -0.1) is 0 Å². The molecule has 0 atom stereocenters. The lowest BCUT2D eigenvalue weighted by Crippen LogP contribution is -2.14. The molecule has 2 aromatic rings. The van der Waals surface area contributed by atoms with Crippen LogP contribution in [0.5, 0.6) is 0 Å². The van der Waals surface area contributed by atoms with Crippen LogP contribution in [-0.2, 0) is 28.7 Å². The van der Waals surface area contributed by atoms with Gasteiger partial charge in [0.25, 0.3) is 0 Å². The molecule has 0 unspecified atom stereocenters. The van der Waals surface area contributed by atoms with Crippen LogP contribution in [0.2, 0.25) is 0 Å². The van der Waals surface area contributed by atoms with Crippen LogP contribution in [0, 0.1) is 13.8 Å². The number of sulfone groups is 1. The van der Waals surface area contributed by atoms with Crippen LogP contribution in [0.4, 0.5) is 0 Å². The quantitative estimate of drug-likeness (QED) is 0.844. The lowest BCUT2D eigenvalue weighted by Gasteiger charge is -2.10. The van der Waals surface area contributed by atoms with Crippen LogP contribution in [-0.4, -0.2) is 23.1 Å². The molecule has 0 aliphatic carbocycles. The molecule has 2 rings (SSSR count). The number of imidazole rings is 1. The smallest absolute Gasteiger partial charge is 0.228 e. The standard InChI is InChI=1S/C17H24N2O3S/c1-4-5-10-19-14(3)13(2)18-17(19)23(21,22)12-16-8-6-15(11-20)7-9-16/h6-9,20H,4-5,10-12H2,1-3H3. The van der Waals surface area contributed by atoms with Gasteiger partial charge in [-0.1, -0.05) is 37.6 Å². The molecule has 0 fully saturated rings. The molecule has 0 saturated heterocycles. The molecule has 0 aliphatic heterocycles. The van der Waals surface area contributed by atoms with E-state index in [2.05, 4.69) is 11.9 Å². The topological polar surface area (TPSA) is 72.2 Å². The summed E-state index contributed by atoms with van der Waals surface area (Å²) in [5.41, 5.74) is 3.13. The molecule has 5 nitrogen and oxygen atoms in total. The lowest BCUT2D eigenvalue weighted by molar-refractivity contribution is 0.282. The highest BCUT2D eigenvalue weighted by molar-refractivity contribution is 7.90. The Morgan fingerprint density at radius 1 is 1.13 bits per heavy atom. The van der Waals surface area contributed by atoms with Crippen molar-refractivity contribution >= 4 is 9.84 Å². The van der Waals surface area contributed by atoms with Gasteiger partial charge in [0.15, 0.2) is 0 Å². The minimum atomic E-state index is -3.51. The van der Waals surface area contributed by atoms with Gasteiger partial charge < -0.3 is 9.67 Å². The predicted molar refractivity (Wildman–Crippen MR) is 89.9 cm³/mol. The third kappa shape index (κ3) is 4.00. The maximum absolute atomic E-state index is 12.8. The molecule has 126 valence electrons. The largest absolute Gasteiger partial charge is 0.392 e. The second-order valence-corrected chi connectivity index (χ2v) is 7.69. The summed E-state index contributed by atoms with van der Waals surface area (Å²) in [5, 5.41) is 9.22. The molecule has 0 bridgehead atoms. The Morgan fingerprint density at radius 2 is 1.74 bits per heavy atom. The Kier molecular flexibility index (Phi) is 5.59. The Labute approximate surface area is 137 Å². The van der Waals surface area contributed by atoms with Gasteiger partial charge in [0.05, 0.1) is 18.1 Å². The normalized spacial score (nSPS) is 11.8. The first-order chi connectivity index (χ1) is 10.9. The SMILES string of the molecule is CCCCn1c(S(=O)(=O)Cc2ccc(CO)cc2)nc(C)c1C. The van der Waals surface area contributed by atoms with Crippen LogP contribution < -0.4 is 0 Å². The number of hydrogen-bond donors (Lipinski definition) is 1. The summed E-state index contributed by atoms with van der Waals surface area (Å²) in [6.07, 6.45) is 1.92. The first-order valence-corrected chi connectivity index (χ1v) is 9.49. The van der Waals surface area contributed by atoms with E-state index in [4.69, 9.17) is 5.11 Å². The van der Waals surface area contributed by atoms with Gasteiger partial charge in [-0.05, 0) is 31.4 Å². The zero-order valence-corrected chi connectivity index (χ0v) is 14.7. The summed E-state index contributed by atoms with van der Waals surface area (Å²) >= 11 is 0. The van der Waals surface area contributed by atoms with Gasteiger partial charge in [-0.2, -0.15) is 0 Å². The summed E-state index contributed by atoms with van der Waals surface area (Å²) in [6.45, 7) is 6.45. The Hall–Kier alpha value is -1.66. The molecule has 23 heavy (non-hydrogen) atoms. The van der Waals surface area contributed by atoms with Crippen molar-refractivity contribution in [1.29, 1.82) is 0 Å². The van der Waals surface area contributed by atoms with Crippen LogP contribution in [0.1, 0.15) is 42.3 Å². The summed E-state index contributed by atoms with van der Waals surface area (Å²) in [5.74, 6) is -0.0826. The average molecular weight is 336 g/mol. The van der Waals surface area contributed by atoms with Crippen LogP contribution in [0.3, 0.4) is 0 Å². The number of hydrogen-bond acceptors (Lipinski definition) is 4. The molecule has 1 heterocycles. The molecule has 1 N–H and O–H groups in total. The number of aliphatic hydroxyl groups excluding tert-OH is 1. The fourth-order valence-electron chi connectivity index (χ4n) is 2.47. The van der Waals surface area contributed by atoms with E-state index in [0.29, 0.717) is 12.1 Å². The molecule has 1 aromatic carbocycles. The van der Waals surface area contributed by atoms with Crippen molar-refractivity contribution in [3.05, 3.63) is 46.8 Å². The number of nitrogens with zero attached hydrogens (tertiary/aromatic N) is 2. The molecule has 6 heteroatoms. The van der Waals surface area contributed by atoms with Gasteiger partial charge in [0.1, 0.15) is 0 Å². The van der Waals surface area contributed by atoms with E-state index in [0.717, 1.165) is 29.8 Å². The zero-order chi connectivity index (χ0) is 17.0. The molecular weight excluding hydrogens is 312 g/mol. The Morgan fingerprint density at radius 3 is 2.30 bits per heavy atom. The van der Waals surface area contributed by atoms with Gasteiger partial charge >= 0.3 is 0 Å². The molecule has 0 spiro atoms. The van der Waals surface area contributed by atoms with E-state index < -0.39 is 9.84 Å². The van der Waals surface area contributed by atoms with E-state index in [1.54, 1.807) is 24.3 Å². The molecule has 0 amide bonds. The van der Waals surface area contributed by atoms with Crippen molar-refractivity contribution in [2.45, 2.75) is 57.7 Å². The first kappa shape index (κ1) is 17.7. The van der Waals surface area contributed by atoms with E-state index in [1.165, 1.54) is 0 Å². The molecular formula is C17H24N2O3S. The number of aryl methyl sites for hydroxylation is 1. The summed E-state index contributed by atoms with van der Waals surface area (Å²) in [6, 6.07) is 6.96. The molecule has 0 saturated carbocycles. The zero-order valence-electron chi connectivity index (χ0n) is 13.9. The third-order valence-electron chi connectivity index (χ3n) is 4.00. The van der Waals surface area contributed by atoms with Crippen molar-refractivity contribution in [2.24, 2.45) is 0 Å². The monoisotopic (exact) mass is 336 g/mol. The van der Waals surface area contributed by atoms with Crippen molar-refractivity contribution in [1.82, 2.24) is 9.55 Å². The van der Waals surface area contributed by atoms with Gasteiger partial charge in [0, 0.05) is 12.2 Å². The predicted octanol–water partition coefficient (Wildman–Crippen LogP) is 2.77. The maximum atomic E-state index is 12.8. The summed E-state index contributed by atoms with van der Waals surface area (Å²) in [7, 11) is -3.51. The summed E-state index contributed by atoms with van der Waals surface area (Å²) < 4.78 is 27.4. The minimum absolute atomic E-state index is 0.0488. The number of aliphatic hydroxyl groups is 1. The van der Waals surface area contributed by atoms with Crippen LogP contribution in [0.15, 0.2) is 29.4 Å². The van der Waals surface area contributed by atoms with Gasteiger partial charge in [-0.3, -0.25) is 0 Å². The number of rotatable bonds is 7. The van der Waals surface area contributed by atoms with Gasteiger partial charge in [-0.25, -0.2) is 13.4 Å². The molecule has 0 radical (unpaired) electrons. The Balaban J connectivity index is 2.33. The molecule has 1 aromatic heterocycles. The lowest BCUT2D eigenvalue weighted by atomic mass is 10.2. The van der Waals surface area contributed by atoms with Crippen molar-refractivity contribution in [3.63, 3.8) is 0 Å². The molecule has 0 aliphatic rings. The Bertz CT molecular complexity index is 762. The second kappa shape index (κ2) is 7.27. The van der Waals surface area contributed by atoms with E-state index >= 15 is 0 Å². The van der Waals surface area contributed by atoms with Crippen molar-refractivity contribution < 1.29 is 13.5 Å². The highest BCUT2D eigenvalue weighted by Crippen LogP contribution is 2.20. The fourth-order valence-corrected chi connectivity index (χ4v) is 4.07. The maximum Gasteiger partial charge on any atom is 0.228 e. The van der Waals surface area contributed by atoms with E-state index in [9.17, 15) is 8.42 Å². The number of benzene rings is 1. The van der Waals surface area contributed by atoms with Crippen LogP contribution in [0.25, 0.3) is 0 Å². The number of unbranched alkanes of at least 4 members (excludes halogenated alkanes) is 1. The first-order valence-electron chi connectivity index (χ1n) is 7.84.